The van der Waals surface area contributed by atoms with E-state index in [0.29, 0.717) is 42.9 Å². The van der Waals surface area contributed by atoms with Gasteiger partial charge in [-0.15, -0.1) is 0 Å². The fourth-order valence-corrected chi connectivity index (χ4v) is 10.4. The summed E-state index contributed by atoms with van der Waals surface area (Å²) in [7, 11) is -1.72. The van der Waals surface area contributed by atoms with E-state index in [4.69, 9.17) is 9.47 Å². The number of nitrogens with one attached hydrogen (secondary N) is 2. The number of hydrogen-bond donors (Lipinski definition) is 4. The maximum atomic E-state index is 14.7. The molecule has 2 aromatic carbocycles. The standard InChI is InChI=1S/C36H50N4O8Si/c1-24-33(49(3,4)46)30(22-31(42)39(19-20-41)23-25-11-6-5-7-12-25)48-36(24)27-21-26(38-34(44)28-13-10-17-37-28)15-16-29(27)40(35(36)45)18-9-8-14-32(43)47-2/h5-7,11-12,15-16,21,24,28,30,33,37,41,46H,8-10,13-14,17-20,22-23H2,1-4H3,(H,38,44)/t24-,28-,30+,33-,36+/m1/s1. The van der Waals surface area contributed by atoms with Gasteiger partial charge in [-0.05, 0) is 69.1 Å². The Morgan fingerprint density at radius 2 is 1.92 bits per heavy atom. The van der Waals surface area contributed by atoms with E-state index in [9.17, 15) is 29.1 Å². The molecule has 2 saturated heterocycles. The minimum absolute atomic E-state index is 0.0773. The van der Waals surface area contributed by atoms with E-state index in [1.54, 1.807) is 35.0 Å². The van der Waals surface area contributed by atoms with Crippen molar-refractivity contribution in [3.05, 3.63) is 59.7 Å². The SMILES string of the molecule is COC(=O)CCCCN1C(=O)[C@@]2(O[C@@H](CC(=O)N(CCO)Cc3ccccc3)[C@H]([Si](C)(C)O)[C@H]2C)c2cc(NC(=O)[C@H]3CCCN3)ccc21. The molecule has 5 rings (SSSR count). The van der Waals surface area contributed by atoms with Crippen LogP contribution in [0.1, 0.15) is 56.6 Å². The van der Waals surface area contributed by atoms with Gasteiger partial charge in [-0.25, -0.2) is 0 Å². The fraction of sp³-hybridized carbons (Fsp3) is 0.556. The number of anilines is 2. The van der Waals surface area contributed by atoms with Gasteiger partial charge in [-0.2, -0.15) is 0 Å². The number of nitrogens with zero attached hydrogens (tertiary/aromatic N) is 2. The average molecular weight is 695 g/mol. The number of unbranched alkanes of at least 4 members (excludes halogenated alkanes) is 1. The Labute approximate surface area is 289 Å². The van der Waals surface area contributed by atoms with E-state index in [0.717, 1.165) is 24.9 Å². The van der Waals surface area contributed by atoms with Gasteiger partial charge in [0, 0.05) is 48.8 Å². The second-order valence-corrected chi connectivity index (χ2v) is 17.9. The number of ether oxygens (including phenoxy) is 2. The number of aliphatic hydroxyl groups is 1. The topological polar surface area (TPSA) is 158 Å². The number of esters is 1. The molecule has 0 bridgehead atoms. The summed E-state index contributed by atoms with van der Waals surface area (Å²) < 4.78 is 11.7. The van der Waals surface area contributed by atoms with E-state index < -0.39 is 31.5 Å². The van der Waals surface area contributed by atoms with E-state index in [1.807, 2.05) is 43.3 Å². The van der Waals surface area contributed by atoms with Crippen LogP contribution in [0.4, 0.5) is 11.4 Å². The highest BCUT2D eigenvalue weighted by molar-refractivity contribution is 6.71. The Balaban J connectivity index is 1.48. The van der Waals surface area contributed by atoms with Crippen molar-refractivity contribution in [3.63, 3.8) is 0 Å². The molecular formula is C36H50N4O8Si. The third kappa shape index (κ3) is 7.75. The summed E-state index contributed by atoms with van der Waals surface area (Å²) in [5.74, 6) is -1.51. The lowest BCUT2D eigenvalue weighted by molar-refractivity contribution is -0.149. The highest BCUT2D eigenvalue weighted by Gasteiger charge is 2.66. The molecule has 2 fully saturated rings. The lowest BCUT2D eigenvalue weighted by Crippen LogP contribution is -2.46. The number of methoxy groups -OCH3 is 1. The maximum Gasteiger partial charge on any atom is 0.305 e. The van der Waals surface area contributed by atoms with E-state index in [2.05, 4.69) is 10.6 Å². The van der Waals surface area contributed by atoms with Crippen LogP contribution in [0.5, 0.6) is 0 Å². The molecule has 0 aliphatic carbocycles. The Kier molecular flexibility index (Phi) is 11.6. The Morgan fingerprint density at radius 1 is 1.16 bits per heavy atom. The van der Waals surface area contributed by atoms with Crippen LogP contribution in [0.2, 0.25) is 18.6 Å². The molecule has 49 heavy (non-hydrogen) atoms. The second-order valence-electron chi connectivity index (χ2n) is 13.9. The van der Waals surface area contributed by atoms with Crippen molar-refractivity contribution in [2.75, 3.05) is 43.6 Å². The van der Waals surface area contributed by atoms with Crippen LogP contribution in [0.25, 0.3) is 0 Å². The molecule has 0 saturated carbocycles. The minimum atomic E-state index is -3.06. The number of aliphatic hydroxyl groups excluding tert-OH is 1. The first-order chi connectivity index (χ1) is 23.4. The summed E-state index contributed by atoms with van der Waals surface area (Å²) in [6, 6.07) is 14.6. The number of hydrogen-bond acceptors (Lipinski definition) is 9. The van der Waals surface area contributed by atoms with Crippen LogP contribution in [-0.2, 0) is 40.8 Å². The average Bonchev–Trinajstić information content (AvgIpc) is 3.77. The number of benzene rings is 2. The van der Waals surface area contributed by atoms with Crippen molar-refractivity contribution in [2.45, 2.75) is 88.4 Å². The molecule has 3 heterocycles. The smallest absolute Gasteiger partial charge is 0.305 e. The predicted molar refractivity (Wildman–Crippen MR) is 187 cm³/mol. The molecule has 3 aliphatic heterocycles. The van der Waals surface area contributed by atoms with E-state index >= 15 is 0 Å². The molecule has 2 aromatic rings. The van der Waals surface area contributed by atoms with Gasteiger partial charge in [0.25, 0.3) is 5.91 Å². The number of rotatable bonds is 14. The summed E-state index contributed by atoms with van der Waals surface area (Å²) in [5.41, 5.74) is 0.682. The molecule has 3 aliphatic rings. The Morgan fingerprint density at radius 3 is 2.57 bits per heavy atom. The summed E-state index contributed by atoms with van der Waals surface area (Å²) in [6.45, 7) is 6.85. The second kappa shape index (κ2) is 15.5. The zero-order chi connectivity index (χ0) is 35.3. The van der Waals surface area contributed by atoms with Gasteiger partial charge in [-0.3, -0.25) is 19.2 Å². The van der Waals surface area contributed by atoms with Crippen molar-refractivity contribution in [2.24, 2.45) is 5.92 Å². The number of fused-ring (bicyclic) bond motifs is 2. The molecule has 0 radical (unpaired) electrons. The first-order valence-electron chi connectivity index (χ1n) is 17.3. The zero-order valence-corrected chi connectivity index (χ0v) is 29.9. The van der Waals surface area contributed by atoms with Gasteiger partial charge >= 0.3 is 5.97 Å². The molecule has 3 amide bonds. The highest BCUT2D eigenvalue weighted by Crippen LogP contribution is 2.60. The molecule has 1 spiro atoms. The Bertz CT molecular complexity index is 1510. The van der Waals surface area contributed by atoms with Crippen LogP contribution < -0.4 is 15.5 Å². The van der Waals surface area contributed by atoms with Crippen LogP contribution in [0, 0.1) is 5.92 Å². The lowest BCUT2D eigenvalue weighted by atomic mass is 9.82. The summed E-state index contributed by atoms with van der Waals surface area (Å²) in [4.78, 5) is 68.4. The monoisotopic (exact) mass is 694 g/mol. The van der Waals surface area contributed by atoms with E-state index in [-0.39, 0.29) is 55.7 Å². The van der Waals surface area contributed by atoms with Gasteiger partial charge in [0.2, 0.25) is 11.8 Å². The zero-order valence-electron chi connectivity index (χ0n) is 28.9. The molecular weight excluding hydrogens is 645 g/mol. The van der Waals surface area contributed by atoms with Crippen LogP contribution in [-0.4, -0.2) is 92.3 Å². The number of carbonyl (C=O) groups is 4. The van der Waals surface area contributed by atoms with Crippen LogP contribution in [0.3, 0.4) is 0 Å². The van der Waals surface area contributed by atoms with Gasteiger partial charge in [0.1, 0.15) is 0 Å². The van der Waals surface area contributed by atoms with Crippen molar-refractivity contribution >= 4 is 43.4 Å². The van der Waals surface area contributed by atoms with E-state index in [1.165, 1.54) is 7.11 Å². The Hall–Kier alpha value is -3.62. The van der Waals surface area contributed by atoms with Gasteiger partial charge < -0.3 is 39.8 Å². The predicted octanol–water partition coefficient (Wildman–Crippen LogP) is 3.28. The van der Waals surface area contributed by atoms with Crippen molar-refractivity contribution in [1.29, 1.82) is 0 Å². The van der Waals surface area contributed by atoms with Crippen LogP contribution in [0.15, 0.2) is 48.5 Å². The summed E-state index contributed by atoms with van der Waals surface area (Å²) in [6.07, 6.45) is 2.10. The summed E-state index contributed by atoms with van der Waals surface area (Å²) in [5, 5.41) is 16.0. The molecule has 0 unspecified atom stereocenters. The van der Waals surface area contributed by atoms with Crippen molar-refractivity contribution in [3.8, 4) is 0 Å². The first kappa shape index (κ1) is 36.7. The third-order valence-corrected chi connectivity index (χ3v) is 12.7. The molecule has 266 valence electrons. The van der Waals surface area contributed by atoms with Gasteiger partial charge in [0.15, 0.2) is 13.9 Å². The van der Waals surface area contributed by atoms with Crippen LogP contribution >= 0.6 is 0 Å². The maximum absolute atomic E-state index is 14.7. The highest BCUT2D eigenvalue weighted by atomic mass is 28.4. The minimum Gasteiger partial charge on any atom is -0.469 e. The lowest BCUT2D eigenvalue weighted by Gasteiger charge is -2.32. The molecule has 12 nitrogen and oxygen atoms in total. The van der Waals surface area contributed by atoms with Gasteiger partial charge in [-0.1, -0.05) is 37.3 Å². The third-order valence-electron chi connectivity index (χ3n) is 10.2. The first-order valence-corrected chi connectivity index (χ1v) is 20.3. The molecule has 5 atom stereocenters. The number of amides is 3. The van der Waals surface area contributed by atoms with Gasteiger partial charge in [0.05, 0.1) is 38.0 Å². The fourth-order valence-electron chi connectivity index (χ4n) is 7.87. The normalized spacial score (nSPS) is 24.7. The summed E-state index contributed by atoms with van der Waals surface area (Å²) >= 11 is 0. The largest absolute Gasteiger partial charge is 0.469 e. The molecule has 13 heteroatoms. The molecule has 0 aromatic heterocycles. The number of carbonyl (C=O) groups excluding carboxylic acids is 4. The quantitative estimate of drug-likeness (QED) is 0.132. The molecule has 4 N–H and O–H groups in total. The van der Waals surface area contributed by atoms with Crippen molar-refractivity contribution < 1.29 is 38.6 Å². The van der Waals surface area contributed by atoms with Crippen molar-refractivity contribution in [1.82, 2.24) is 10.2 Å².